The Kier molecular flexibility index (Phi) is 5.85. The molecule has 1 unspecified atom stereocenters. The predicted molar refractivity (Wildman–Crippen MR) is 83.8 cm³/mol. The maximum atomic E-state index is 11.1. The lowest BCUT2D eigenvalue weighted by Crippen LogP contribution is -2.53. The monoisotopic (exact) mass is 311 g/mol. The van der Waals surface area contributed by atoms with Gasteiger partial charge in [-0.15, -0.1) is 0 Å². The van der Waals surface area contributed by atoms with Gasteiger partial charge in [-0.3, -0.25) is 9.69 Å². The number of halogens is 1. The molecule has 1 aromatic carbocycles. The molecule has 0 saturated carbocycles. The third kappa shape index (κ3) is 4.59. The average Bonchev–Trinajstić information content (AvgIpc) is 2.46. The minimum absolute atomic E-state index is 0.185. The summed E-state index contributed by atoms with van der Waals surface area (Å²) in [6, 6.07) is 6.03. The van der Waals surface area contributed by atoms with Gasteiger partial charge in [-0.25, -0.2) is 0 Å². The van der Waals surface area contributed by atoms with Gasteiger partial charge in [0, 0.05) is 38.6 Å². The van der Waals surface area contributed by atoms with Crippen molar-refractivity contribution in [2.24, 2.45) is 5.73 Å². The fourth-order valence-corrected chi connectivity index (χ4v) is 2.95. The number of benzene rings is 1. The van der Waals surface area contributed by atoms with Crippen molar-refractivity contribution in [3.63, 3.8) is 0 Å². The number of hydrogen-bond donors (Lipinski definition) is 2. The standard InChI is InChI=1S/C15H22ClN3O2/c1-21-14-3-2-11(8-13(14)16)4-6-19-7-5-18-10-12(19)9-15(17)20/h2-3,8,12,18H,4-7,9-10H2,1H3,(H2,17,20). The van der Waals surface area contributed by atoms with Gasteiger partial charge >= 0.3 is 0 Å². The molecule has 0 spiro atoms. The SMILES string of the molecule is COc1ccc(CCN2CCNCC2CC(N)=O)cc1Cl. The molecule has 6 heteroatoms. The van der Waals surface area contributed by atoms with E-state index < -0.39 is 0 Å². The quantitative estimate of drug-likeness (QED) is 0.824. The highest BCUT2D eigenvalue weighted by Gasteiger charge is 2.23. The number of hydrogen-bond acceptors (Lipinski definition) is 4. The van der Waals surface area contributed by atoms with Gasteiger partial charge in [-0.1, -0.05) is 17.7 Å². The van der Waals surface area contributed by atoms with E-state index in [0.717, 1.165) is 38.2 Å². The molecule has 2 rings (SSSR count). The van der Waals surface area contributed by atoms with Crippen LogP contribution in [-0.2, 0) is 11.2 Å². The Morgan fingerprint density at radius 2 is 2.38 bits per heavy atom. The lowest BCUT2D eigenvalue weighted by atomic mass is 10.1. The molecule has 3 N–H and O–H groups in total. The van der Waals surface area contributed by atoms with Crippen molar-refractivity contribution in [2.45, 2.75) is 18.9 Å². The van der Waals surface area contributed by atoms with E-state index >= 15 is 0 Å². The molecule has 1 aliphatic heterocycles. The van der Waals surface area contributed by atoms with Crippen molar-refractivity contribution in [3.8, 4) is 5.75 Å². The van der Waals surface area contributed by atoms with Crippen molar-refractivity contribution < 1.29 is 9.53 Å². The number of amides is 1. The first kappa shape index (κ1) is 16.1. The summed E-state index contributed by atoms with van der Waals surface area (Å²) in [6.45, 7) is 3.58. The zero-order valence-corrected chi connectivity index (χ0v) is 13.0. The van der Waals surface area contributed by atoms with Crippen LogP contribution in [0.2, 0.25) is 5.02 Å². The van der Waals surface area contributed by atoms with Gasteiger partial charge in [-0.2, -0.15) is 0 Å². The van der Waals surface area contributed by atoms with E-state index in [1.54, 1.807) is 7.11 Å². The second-order valence-corrected chi connectivity index (χ2v) is 5.69. The Morgan fingerprint density at radius 1 is 1.57 bits per heavy atom. The first-order valence-electron chi connectivity index (χ1n) is 7.15. The van der Waals surface area contributed by atoms with Crippen LogP contribution in [0.15, 0.2) is 18.2 Å². The summed E-state index contributed by atoms with van der Waals surface area (Å²) in [6.07, 6.45) is 1.29. The molecular weight excluding hydrogens is 290 g/mol. The number of rotatable bonds is 6. The first-order valence-corrected chi connectivity index (χ1v) is 7.53. The third-order valence-corrected chi connectivity index (χ3v) is 4.11. The number of carbonyl (C=O) groups is 1. The minimum Gasteiger partial charge on any atom is -0.495 e. The van der Waals surface area contributed by atoms with Crippen LogP contribution in [-0.4, -0.2) is 50.1 Å². The lowest BCUT2D eigenvalue weighted by molar-refractivity contribution is -0.119. The van der Waals surface area contributed by atoms with Gasteiger partial charge in [0.1, 0.15) is 5.75 Å². The molecule has 0 radical (unpaired) electrons. The average molecular weight is 312 g/mol. The molecule has 21 heavy (non-hydrogen) atoms. The maximum Gasteiger partial charge on any atom is 0.219 e. The Balaban J connectivity index is 1.94. The molecule has 1 fully saturated rings. The third-order valence-electron chi connectivity index (χ3n) is 3.81. The lowest BCUT2D eigenvalue weighted by Gasteiger charge is -2.35. The summed E-state index contributed by atoms with van der Waals surface area (Å²) in [4.78, 5) is 13.5. The normalized spacial score (nSPS) is 19.4. The number of piperazine rings is 1. The highest BCUT2D eigenvalue weighted by atomic mass is 35.5. The number of ether oxygens (including phenoxy) is 1. The van der Waals surface area contributed by atoms with E-state index in [-0.39, 0.29) is 11.9 Å². The van der Waals surface area contributed by atoms with Crippen LogP contribution in [0.4, 0.5) is 0 Å². The minimum atomic E-state index is -0.249. The van der Waals surface area contributed by atoms with Crippen LogP contribution in [0.5, 0.6) is 5.75 Å². The molecule has 1 heterocycles. The fourth-order valence-electron chi connectivity index (χ4n) is 2.67. The van der Waals surface area contributed by atoms with Gasteiger partial charge in [0.05, 0.1) is 12.1 Å². The van der Waals surface area contributed by atoms with Gasteiger partial charge in [0.25, 0.3) is 0 Å². The number of nitrogens with one attached hydrogen (secondary N) is 1. The van der Waals surface area contributed by atoms with Crippen molar-refractivity contribution in [1.29, 1.82) is 0 Å². The van der Waals surface area contributed by atoms with Gasteiger partial charge in [0.2, 0.25) is 5.91 Å². The summed E-state index contributed by atoms with van der Waals surface area (Å²) in [5.41, 5.74) is 6.48. The number of nitrogens with zero attached hydrogens (tertiary/aromatic N) is 1. The molecule has 1 aromatic rings. The van der Waals surface area contributed by atoms with Crippen LogP contribution in [0.1, 0.15) is 12.0 Å². The van der Waals surface area contributed by atoms with Gasteiger partial charge in [-0.05, 0) is 24.1 Å². The zero-order chi connectivity index (χ0) is 15.2. The summed E-state index contributed by atoms with van der Waals surface area (Å²) in [5, 5.41) is 3.93. The van der Waals surface area contributed by atoms with Crippen LogP contribution >= 0.6 is 11.6 Å². The summed E-state index contributed by atoms with van der Waals surface area (Å²) < 4.78 is 5.15. The van der Waals surface area contributed by atoms with E-state index in [1.165, 1.54) is 0 Å². The van der Waals surface area contributed by atoms with E-state index in [2.05, 4.69) is 10.2 Å². The highest BCUT2D eigenvalue weighted by molar-refractivity contribution is 6.32. The molecule has 5 nitrogen and oxygen atoms in total. The van der Waals surface area contributed by atoms with Crippen LogP contribution in [0, 0.1) is 0 Å². The first-order chi connectivity index (χ1) is 10.1. The Labute approximate surface area is 130 Å². The molecule has 0 bridgehead atoms. The number of methoxy groups -OCH3 is 1. The van der Waals surface area contributed by atoms with Crippen LogP contribution < -0.4 is 15.8 Å². The molecule has 0 aliphatic carbocycles. The van der Waals surface area contributed by atoms with Crippen LogP contribution in [0.25, 0.3) is 0 Å². The zero-order valence-electron chi connectivity index (χ0n) is 12.3. The van der Waals surface area contributed by atoms with Gasteiger partial charge < -0.3 is 15.8 Å². The topological polar surface area (TPSA) is 67.6 Å². The number of primary amides is 1. The smallest absolute Gasteiger partial charge is 0.219 e. The Morgan fingerprint density at radius 3 is 3.05 bits per heavy atom. The van der Waals surface area contributed by atoms with E-state index in [4.69, 9.17) is 22.1 Å². The van der Waals surface area contributed by atoms with E-state index in [9.17, 15) is 4.79 Å². The number of carbonyl (C=O) groups excluding carboxylic acids is 1. The molecule has 0 aromatic heterocycles. The van der Waals surface area contributed by atoms with E-state index in [0.29, 0.717) is 17.2 Å². The number of nitrogens with two attached hydrogens (primary N) is 1. The molecular formula is C15H22ClN3O2. The molecule has 1 aliphatic rings. The Bertz CT molecular complexity index is 496. The summed E-state index contributed by atoms with van der Waals surface area (Å²) >= 11 is 6.14. The van der Waals surface area contributed by atoms with Crippen LogP contribution in [0.3, 0.4) is 0 Å². The largest absolute Gasteiger partial charge is 0.495 e. The van der Waals surface area contributed by atoms with Crippen molar-refractivity contribution in [3.05, 3.63) is 28.8 Å². The van der Waals surface area contributed by atoms with Gasteiger partial charge in [0.15, 0.2) is 0 Å². The highest BCUT2D eigenvalue weighted by Crippen LogP contribution is 2.25. The second kappa shape index (κ2) is 7.64. The maximum absolute atomic E-state index is 11.1. The molecule has 116 valence electrons. The summed E-state index contributed by atoms with van der Waals surface area (Å²) in [5.74, 6) is 0.440. The van der Waals surface area contributed by atoms with Crippen molar-refractivity contribution >= 4 is 17.5 Å². The molecule has 1 amide bonds. The fraction of sp³-hybridized carbons (Fsp3) is 0.533. The second-order valence-electron chi connectivity index (χ2n) is 5.28. The van der Waals surface area contributed by atoms with E-state index in [1.807, 2.05) is 18.2 Å². The van der Waals surface area contributed by atoms with Crippen molar-refractivity contribution in [1.82, 2.24) is 10.2 Å². The Hall–Kier alpha value is -1.30. The van der Waals surface area contributed by atoms with Crippen molar-refractivity contribution in [2.75, 3.05) is 33.3 Å². The predicted octanol–water partition coefficient (Wildman–Crippen LogP) is 1.04. The molecule has 1 atom stereocenters. The summed E-state index contributed by atoms with van der Waals surface area (Å²) in [7, 11) is 1.61. The molecule has 1 saturated heterocycles.